The number of fused-ring (bicyclic) bond motifs is 1. The zero-order valence-electron chi connectivity index (χ0n) is 10.3. The third-order valence-corrected chi connectivity index (χ3v) is 4.97. The van der Waals surface area contributed by atoms with E-state index in [2.05, 4.69) is 0 Å². The molecule has 6 heteroatoms. The molecule has 0 unspecified atom stereocenters. The van der Waals surface area contributed by atoms with Crippen molar-refractivity contribution in [2.24, 2.45) is 0 Å². The number of hydrogen-bond acceptors (Lipinski definition) is 4. The van der Waals surface area contributed by atoms with Gasteiger partial charge in [0.15, 0.2) is 0 Å². The van der Waals surface area contributed by atoms with E-state index in [0.29, 0.717) is 13.2 Å². The predicted molar refractivity (Wildman–Crippen MR) is 67.2 cm³/mol. The molecule has 100 valence electrons. The summed E-state index contributed by atoms with van der Waals surface area (Å²) in [4.78, 5) is 0.266. The average molecular weight is 271 g/mol. The molecule has 0 aromatic heterocycles. The second kappa shape index (κ2) is 5.26. The van der Waals surface area contributed by atoms with Crippen LogP contribution in [0.3, 0.4) is 0 Å². The first-order valence-electron chi connectivity index (χ1n) is 5.96. The van der Waals surface area contributed by atoms with Gasteiger partial charge in [-0.1, -0.05) is 6.92 Å². The lowest BCUT2D eigenvalue weighted by molar-refractivity contribution is 0.257. The van der Waals surface area contributed by atoms with Gasteiger partial charge in [0.1, 0.15) is 5.75 Å². The van der Waals surface area contributed by atoms with E-state index < -0.39 is 10.0 Å². The standard InChI is InChI=1S/C12H17NO4S/c1-2-13(6-7-14)18(15,16)11-3-4-12-10(9-11)5-8-17-12/h3-4,9,14H,2,5-8H2,1H3. The Bertz CT molecular complexity index is 527. The number of likely N-dealkylation sites (N-methyl/N-ethyl adjacent to an activating group) is 1. The molecule has 0 amide bonds. The van der Waals surface area contributed by atoms with Gasteiger partial charge in [-0.25, -0.2) is 8.42 Å². The van der Waals surface area contributed by atoms with E-state index in [-0.39, 0.29) is 18.0 Å². The Morgan fingerprint density at radius 2 is 2.22 bits per heavy atom. The van der Waals surface area contributed by atoms with Crippen molar-refractivity contribution in [3.05, 3.63) is 23.8 Å². The van der Waals surface area contributed by atoms with E-state index in [0.717, 1.165) is 17.7 Å². The molecule has 18 heavy (non-hydrogen) atoms. The molecule has 1 N–H and O–H groups in total. The van der Waals surface area contributed by atoms with Gasteiger partial charge in [-0.05, 0) is 23.8 Å². The van der Waals surface area contributed by atoms with Crippen LogP contribution in [0, 0.1) is 0 Å². The van der Waals surface area contributed by atoms with E-state index in [1.807, 2.05) is 0 Å². The first-order chi connectivity index (χ1) is 8.59. The van der Waals surface area contributed by atoms with E-state index in [9.17, 15) is 8.42 Å². The first-order valence-corrected chi connectivity index (χ1v) is 7.40. The fourth-order valence-corrected chi connectivity index (χ4v) is 3.52. The van der Waals surface area contributed by atoms with Crippen LogP contribution in [0.2, 0.25) is 0 Å². The van der Waals surface area contributed by atoms with Crippen LogP contribution in [0.1, 0.15) is 12.5 Å². The van der Waals surface area contributed by atoms with E-state index in [1.165, 1.54) is 4.31 Å². The monoisotopic (exact) mass is 271 g/mol. The summed E-state index contributed by atoms with van der Waals surface area (Å²) in [6.07, 6.45) is 0.741. The fraction of sp³-hybridized carbons (Fsp3) is 0.500. The van der Waals surface area contributed by atoms with Crippen LogP contribution in [-0.4, -0.2) is 44.1 Å². The van der Waals surface area contributed by atoms with Crippen molar-refractivity contribution in [1.82, 2.24) is 4.31 Å². The Morgan fingerprint density at radius 3 is 2.89 bits per heavy atom. The van der Waals surface area contributed by atoms with Crippen LogP contribution in [-0.2, 0) is 16.4 Å². The Kier molecular flexibility index (Phi) is 3.89. The predicted octanol–water partition coefficient (Wildman–Crippen LogP) is 0.624. The molecule has 1 aliphatic heterocycles. The Morgan fingerprint density at radius 1 is 1.44 bits per heavy atom. The maximum absolute atomic E-state index is 12.3. The average Bonchev–Trinajstić information content (AvgIpc) is 2.82. The van der Waals surface area contributed by atoms with Gasteiger partial charge in [0, 0.05) is 19.5 Å². The molecular formula is C12H17NO4S. The highest BCUT2D eigenvalue weighted by atomic mass is 32.2. The van der Waals surface area contributed by atoms with Gasteiger partial charge in [0.2, 0.25) is 10.0 Å². The van der Waals surface area contributed by atoms with Crippen molar-refractivity contribution in [2.75, 3.05) is 26.3 Å². The highest BCUT2D eigenvalue weighted by molar-refractivity contribution is 7.89. The number of hydrogen-bond donors (Lipinski definition) is 1. The first kappa shape index (κ1) is 13.3. The van der Waals surface area contributed by atoms with E-state index in [1.54, 1.807) is 25.1 Å². The zero-order valence-corrected chi connectivity index (χ0v) is 11.1. The number of benzene rings is 1. The normalized spacial score (nSPS) is 14.6. The molecule has 1 aromatic carbocycles. The zero-order chi connectivity index (χ0) is 13.2. The van der Waals surface area contributed by atoms with Gasteiger partial charge < -0.3 is 9.84 Å². The van der Waals surface area contributed by atoms with Crippen LogP contribution in [0.5, 0.6) is 5.75 Å². The Hall–Kier alpha value is -1.11. The van der Waals surface area contributed by atoms with Crippen LogP contribution in [0.4, 0.5) is 0 Å². The van der Waals surface area contributed by atoms with Crippen LogP contribution in [0.25, 0.3) is 0 Å². The topological polar surface area (TPSA) is 66.8 Å². The number of aliphatic hydroxyl groups excluding tert-OH is 1. The van der Waals surface area contributed by atoms with Crippen LogP contribution >= 0.6 is 0 Å². The largest absolute Gasteiger partial charge is 0.493 e. The SMILES string of the molecule is CCN(CCO)S(=O)(=O)c1ccc2c(c1)CCO2. The number of nitrogens with zero attached hydrogens (tertiary/aromatic N) is 1. The maximum atomic E-state index is 12.3. The molecule has 0 fully saturated rings. The smallest absolute Gasteiger partial charge is 0.243 e. The lowest BCUT2D eigenvalue weighted by Crippen LogP contribution is -2.33. The highest BCUT2D eigenvalue weighted by Crippen LogP contribution is 2.28. The molecule has 0 spiro atoms. The van der Waals surface area contributed by atoms with Crippen molar-refractivity contribution < 1.29 is 18.3 Å². The summed E-state index contributed by atoms with van der Waals surface area (Å²) in [5.74, 6) is 0.763. The van der Waals surface area contributed by atoms with Crippen molar-refractivity contribution >= 4 is 10.0 Å². The second-order valence-corrected chi connectivity index (χ2v) is 6.03. The summed E-state index contributed by atoms with van der Waals surface area (Å²) >= 11 is 0. The number of rotatable bonds is 5. The molecule has 0 bridgehead atoms. The third kappa shape index (κ3) is 2.36. The summed E-state index contributed by atoms with van der Waals surface area (Å²) in [5.41, 5.74) is 0.927. The minimum Gasteiger partial charge on any atom is -0.493 e. The molecule has 0 atom stereocenters. The van der Waals surface area contributed by atoms with Crippen molar-refractivity contribution in [2.45, 2.75) is 18.2 Å². The molecule has 1 aromatic rings. The lowest BCUT2D eigenvalue weighted by Gasteiger charge is -2.19. The number of aliphatic hydroxyl groups is 1. The second-order valence-electron chi connectivity index (χ2n) is 4.09. The van der Waals surface area contributed by atoms with Gasteiger partial charge in [-0.2, -0.15) is 4.31 Å². The van der Waals surface area contributed by atoms with Crippen LogP contribution in [0.15, 0.2) is 23.1 Å². The Balaban J connectivity index is 2.35. The molecule has 0 aliphatic carbocycles. The molecule has 1 heterocycles. The summed E-state index contributed by atoms with van der Waals surface area (Å²) in [7, 11) is -3.52. The lowest BCUT2D eigenvalue weighted by atomic mass is 10.2. The van der Waals surface area contributed by atoms with Gasteiger partial charge >= 0.3 is 0 Å². The van der Waals surface area contributed by atoms with Gasteiger partial charge in [0.05, 0.1) is 18.1 Å². The molecule has 0 saturated carbocycles. The quantitative estimate of drug-likeness (QED) is 0.852. The van der Waals surface area contributed by atoms with Crippen molar-refractivity contribution in [3.8, 4) is 5.75 Å². The molecular weight excluding hydrogens is 254 g/mol. The summed E-state index contributed by atoms with van der Waals surface area (Å²) in [5, 5.41) is 8.91. The van der Waals surface area contributed by atoms with Gasteiger partial charge in [-0.15, -0.1) is 0 Å². The molecule has 5 nitrogen and oxygen atoms in total. The van der Waals surface area contributed by atoms with E-state index in [4.69, 9.17) is 9.84 Å². The minimum atomic E-state index is -3.52. The van der Waals surface area contributed by atoms with Gasteiger partial charge in [0.25, 0.3) is 0 Å². The molecule has 1 aliphatic rings. The van der Waals surface area contributed by atoms with E-state index >= 15 is 0 Å². The maximum Gasteiger partial charge on any atom is 0.243 e. The number of ether oxygens (including phenoxy) is 1. The minimum absolute atomic E-state index is 0.117. The highest BCUT2D eigenvalue weighted by Gasteiger charge is 2.24. The molecule has 2 rings (SSSR count). The third-order valence-electron chi connectivity index (χ3n) is 3.00. The molecule has 0 saturated heterocycles. The summed E-state index contributed by atoms with van der Waals surface area (Å²) in [6, 6.07) is 4.92. The summed E-state index contributed by atoms with van der Waals surface area (Å²) in [6.45, 7) is 2.64. The molecule has 0 radical (unpaired) electrons. The summed E-state index contributed by atoms with van der Waals surface area (Å²) < 4.78 is 31.3. The van der Waals surface area contributed by atoms with Crippen molar-refractivity contribution in [1.29, 1.82) is 0 Å². The number of sulfonamides is 1. The fourth-order valence-electron chi connectivity index (χ4n) is 2.03. The van der Waals surface area contributed by atoms with Crippen molar-refractivity contribution in [3.63, 3.8) is 0 Å². The van der Waals surface area contributed by atoms with Gasteiger partial charge in [-0.3, -0.25) is 0 Å². The Labute approximate surface area is 107 Å². The van der Waals surface area contributed by atoms with Crippen LogP contribution < -0.4 is 4.74 Å².